The number of hydrogen-bond acceptors (Lipinski definition) is 3. The molecule has 0 aliphatic carbocycles. The number of rotatable bonds is 6. The second-order valence-corrected chi connectivity index (χ2v) is 5.56. The van der Waals surface area contributed by atoms with E-state index >= 15 is 0 Å². The molecule has 0 radical (unpaired) electrons. The van der Waals surface area contributed by atoms with Crippen molar-refractivity contribution in [2.75, 3.05) is 13.1 Å². The number of amides is 2. The van der Waals surface area contributed by atoms with Crippen LogP contribution in [0.2, 0.25) is 0 Å². The second-order valence-electron chi connectivity index (χ2n) is 5.56. The molecule has 1 aliphatic heterocycles. The summed E-state index contributed by atoms with van der Waals surface area (Å²) in [6.45, 7) is 0.764. The molecule has 0 spiro atoms. The fraction of sp³-hybridized carbons (Fsp3) is 0.500. The van der Waals surface area contributed by atoms with E-state index in [-0.39, 0.29) is 12.6 Å². The zero-order valence-electron chi connectivity index (χ0n) is 12.4. The van der Waals surface area contributed by atoms with Crippen molar-refractivity contribution in [2.24, 2.45) is 0 Å². The summed E-state index contributed by atoms with van der Waals surface area (Å²) in [4.78, 5) is 24.2. The summed E-state index contributed by atoms with van der Waals surface area (Å²) in [6.07, 6.45) is 0.501. The van der Waals surface area contributed by atoms with Gasteiger partial charge in [0.25, 0.3) is 0 Å². The van der Waals surface area contributed by atoms with Gasteiger partial charge in [-0.2, -0.15) is 0 Å². The Labute approximate surface area is 129 Å². The summed E-state index contributed by atoms with van der Waals surface area (Å²) in [5.74, 6) is -0.437. The van der Waals surface area contributed by atoms with Crippen LogP contribution in [0.25, 0.3) is 0 Å². The van der Waals surface area contributed by atoms with Gasteiger partial charge in [0.2, 0.25) is 5.91 Å². The molecule has 22 heavy (non-hydrogen) atoms. The van der Waals surface area contributed by atoms with E-state index in [2.05, 4.69) is 5.32 Å². The SMILES string of the molecule is O=C(NC[C@@H]1CCCN1C(=O)O)[C@H](O)CCc1ccccc1. The zero-order chi connectivity index (χ0) is 15.9. The summed E-state index contributed by atoms with van der Waals surface area (Å²) < 4.78 is 0. The first-order valence-electron chi connectivity index (χ1n) is 7.57. The minimum absolute atomic E-state index is 0.192. The molecule has 2 atom stereocenters. The third-order valence-corrected chi connectivity index (χ3v) is 3.99. The number of carboxylic acid groups (broad SMARTS) is 1. The van der Waals surface area contributed by atoms with E-state index in [1.165, 1.54) is 4.90 Å². The van der Waals surface area contributed by atoms with Crippen LogP contribution in [0.4, 0.5) is 4.79 Å². The summed E-state index contributed by atoms with van der Waals surface area (Å²) in [7, 11) is 0. The number of nitrogens with one attached hydrogen (secondary N) is 1. The molecule has 1 aromatic carbocycles. The molecule has 1 aliphatic rings. The van der Waals surface area contributed by atoms with Gasteiger partial charge in [-0.05, 0) is 31.2 Å². The van der Waals surface area contributed by atoms with Crippen molar-refractivity contribution in [3.8, 4) is 0 Å². The van der Waals surface area contributed by atoms with Gasteiger partial charge >= 0.3 is 6.09 Å². The first-order valence-corrected chi connectivity index (χ1v) is 7.57. The highest BCUT2D eigenvalue weighted by Gasteiger charge is 2.29. The molecule has 6 nitrogen and oxygen atoms in total. The highest BCUT2D eigenvalue weighted by Crippen LogP contribution is 2.16. The number of hydrogen-bond donors (Lipinski definition) is 3. The van der Waals surface area contributed by atoms with Gasteiger partial charge in [0.15, 0.2) is 0 Å². The number of benzene rings is 1. The first-order chi connectivity index (χ1) is 10.6. The summed E-state index contributed by atoms with van der Waals surface area (Å²) in [6, 6.07) is 9.47. The van der Waals surface area contributed by atoms with Gasteiger partial charge in [0, 0.05) is 13.1 Å². The van der Waals surface area contributed by atoms with Crippen LogP contribution in [-0.4, -0.2) is 52.3 Å². The van der Waals surface area contributed by atoms with Crippen molar-refractivity contribution in [1.29, 1.82) is 0 Å². The van der Waals surface area contributed by atoms with Crippen LogP contribution in [0, 0.1) is 0 Å². The van der Waals surface area contributed by atoms with Crippen molar-refractivity contribution in [3.63, 3.8) is 0 Å². The Bertz CT molecular complexity index is 506. The molecule has 0 bridgehead atoms. The van der Waals surface area contributed by atoms with Crippen LogP contribution in [-0.2, 0) is 11.2 Å². The van der Waals surface area contributed by atoms with E-state index in [9.17, 15) is 14.7 Å². The maximum Gasteiger partial charge on any atom is 0.407 e. The first kappa shape index (κ1) is 16.3. The van der Waals surface area contributed by atoms with Crippen LogP contribution in [0.5, 0.6) is 0 Å². The van der Waals surface area contributed by atoms with Gasteiger partial charge in [-0.3, -0.25) is 4.79 Å². The summed E-state index contributed by atoms with van der Waals surface area (Å²) in [5.41, 5.74) is 1.07. The van der Waals surface area contributed by atoms with Crippen molar-refractivity contribution in [2.45, 2.75) is 37.8 Å². The van der Waals surface area contributed by atoms with E-state index in [1.807, 2.05) is 30.3 Å². The molecule has 6 heteroatoms. The molecule has 1 fully saturated rings. The van der Waals surface area contributed by atoms with E-state index < -0.39 is 18.1 Å². The van der Waals surface area contributed by atoms with E-state index in [1.54, 1.807) is 0 Å². The number of carbonyl (C=O) groups excluding carboxylic acids is 1. The number of likely N-dealkylation sites (tertiary alicyclic amines) is 1. The Kier molecular flexibility index (Phi) is 5.77. The molecule has 2 rings (SSSR count). The number of nitrogens with zero attached hydrogens (tertiary/aromatic N) is 1. The maximum atomic E-state index is 11.9. The molecule has 0 saturated carbocycles. The average molecular weight is 306 g/mol. The van der Waals surface area contributed by atoms with Crippen LogP contribution in [0.15, 0.2) is 30.3 Å². The van der Waals surface area contributed by atoms with Crippen molar-refractivity contribution < 1.29 is 19.8 Å². The van der Waals surface area contributed by atoms with Crippen molar-refractivity contribution in [3.05, 3.63) is 35.9 Å². The Hall–Kier alpha value is -2.08. The number of aliphatic hydroxyl groups excluding tert-OH is 1. The monoisotopic (exact) mass is 306 g/mol. The second kappa shape index (κ2) is 7.79. The summed E-state index contributed by atoms with van der Waals surface area (Å²) in [5, 5.41) is 21.6. The predicted octanol–water partition coefficient (Wildman–Crippen LogP) is 1.24. The molecule has 2 amide bonds. The third-order valence-electron chi connectivity index (χ3n) is 3.99. The van der Waals surface area contributed by atoms with E-state index in [0.717, 1.165) is 18.4 Å². The Morgan fingerprint density at radius 3 is 2.73 bits per heavy atom. The van der Waals surface area contributed by atoms with Gasteiger partial charge in [0.05, 0.1) is 6.04 Å². The Balaban J connectivity index is 1.73. The molecule has 1 heterocycles. The topological polar surface area (TPSA) is 89.9 Å². The lowest BCUT2D eigenvalue weighted by atomic mass is 10.1. The zero-order valence-corrected chi connectivity index (χ0v) is 12.4. The highest BCUT2D eigenvalue weighted by molar-refractivity contribution is 5.80. The quantitative estimate of drug-likeness (QED) is 0.737. The lowest BCUT2D eigenvalue weighted by molar-refractivity contribution is -0.129. The molecule has 0 unspecified atom stereocenters. The lowest BCUT2D eigenvalue weighted by Crippen LogP contribution is -2.45. The van der Waals surface area contributed by atoms with Gasteiger partial charge in [-0.1, -0.05) is 30.3 Å². The number of carbonyl (C=O) groups is 2. The number of aryl methyl sites for hydroxylation is 1. The van der Waals surface area contributed by atoms with Crippen LogP contribution < -0.4 is 5.32 Å². The smallest absolute Gasteiger partial charge is 0.407 e. The average Bonchev–Trinajstić information content (AvgIpc) is 3.00. The minimum Gasteiger partial charge on any atom is -0.465 e. The molecule has 1 saturated heterocycles. The lowest BCUT2D eigenvalue weighted by Gasteiger charge is -2.22. The van der Waals surface area contributed by atoms with Crippen LogP contribution in [0.3, 0.4) is 0 Å². The standard InChI is InChI=1S/C16H22N2O4/c19-14(9-8-12-5-2-1-3-6-12)15(20)17-11-13-7-4-10-18(13)16(21)22/h1-3,5-6,13-14,19H,4,7-11H2,(H,17,20)(H,21,22)/t13-,14+/m0/s1. The Morgan fingerprint density at radius 1 is 1.32 bits per heavy atom. The van der Waals surface area contributed by atoms with Crippen LogP contribution in [0.1, 0.15) is 24.8 Å². The minimum atomic E-state index is -1.07. The fourth-order valence-electron chi connectivity index (χ4n) is 2.72. The van der Waals surface area contributed by atoms with E-state index in [0.29, 0.717) is 19.4 Å². The van der Waals surface area contributed by atoms with Gasteiger partial charge in [0.1, 0.15) is 6.10 Å². The largest absolute Gasteiger partial charge is 0.465 e. The predicted molar refractivity (Wildman–Crippen MR) is 81.5 cm³/mol. The fourth-order valence-corrected chi connectivity index (χ4v) is 2.72. The third kappa shape index (κ3) is 4.46. The van der Waals surface area contributed by atoms with Gasteiger partial charge in [-0.15, -0.1) is 0 Å². The molecule has 1 aromatic rings. The molecule has 3 N–H and O–H groups in total. The maximum absolute atomic E-state index is 11.9. The van der Waals surface area contributed by atoms with Crippen molar-refractivity contribution >= 4 is 12.0 Å². The Morgan fingerprint density at radius 2 is 2.05 bits per heavy atom. The van der Waals surface area contributed by atoms with E-state index in [4.69, 9.17) is 5.11 Å². The molecular formula is C16H22N2O4. The van der Waals surface area contributed by atoms with Crippen molar-refractivity contribution in [1.82, 2.24) is 10.2 Å². The van der Waals surface area contributed by atoms with Crippen LogP contribution >= 0.6 is 0 Å². The highest BCUT2D eigenvalue weighted by atomic mass is 16.4. The molecule has 120 valence electrons. The number of aliphatic hydroxyl groups is 1. The molecule has 0 aromatic heterocycles. The summed E-state index contributed by atoms with van der Waals surface area (Å²) >= 11 is 0. The van der Waals surface area contributed by atoms with Gasteiger partial charge < -0.3 is 20.4 Å². The normalized spacial score (nSPS) is 19.0. The van der Waals surface area contributed by atoms with Gasteiger partial charge in [-0.25, -0.2) is 4.79 Å². The molecular weight excluding hydrogens is 284 g/mol.